The highest BCUT2D eigenvalue weighted by molar-refractivity contribution is 4.82. The fourth-order valence-electron chi connectivity index (χ4n) is 1.13. The topological polar surface area (TPSA) is 102 Å². The van der Waals surface area contributed by atoms with Crippen molar-refractivity contribution in [3.05, 3.63) is 0 Å². The van der Waals surface area contributed by atoms with Gasteiger partial charge in [0, 0.05) is 6.54 Å². The quantitative estimate of drug-likeness (QED) is 0.348. The van der Waals surface area contributed by atoms with Crippen LogP contribution in [-0.4, -0.2) is 41.3 Å². The van der Waals surface area contributed by atoms with Crippen LogP contribution in [0, 0.1) is 0 Å². The molecule has 1 unspecified atom stereocenters. The van der Waals surface area contributed by atoms with Crippen molar-refractivity contribution in [1.82, 2.24) is 0 Å². The van der Waals surface area contributed by atoms with Crippen molar-refractivity contribution < 1.29 is 14.9 Å². The molecule has 0 aliphatic carbocycles. The molecule has 0 radical (unpaired) electrons. The molecule has 4 atom stereocenters. The van der Waals surface area contributed by atoms with Gasteiger partial charge in [-0.3, -0.25) is 0 Å². The smallest absolute Gasteiger partial charge is 0.170 e. The van der Waals surface area contributed by atoms with Gasteiger partial charge in [0.2, 0.25) is 0 Å². The van der Waals surface area contributed by atoms with Crippen LogP contribution >= 0.6 is 0 Å². The van der Waals surface area contributed by atoms with Crippen LogP contribution in [0.3, 0.4) is 0 Å². The fraction of sp³-hybridized carbons (Fsp3) is 1.00. The summed E-state index contributed by atoms with van der Waals surface area (Å²) in [5, 5.41) is 18.3. The highest BCUT2D eigenvalue weighted by Gasteiger charge is 2.33. The Morgan fingerprint density at radius 1 is 1.45 bits per heavy atom. The number of nitrogens with two attached hydrogens (primary N) is 2. The molecule has 1 rings (SSSR count). The van der Waals surface area contributed by atoms with Crippen LogP contribution in [0.1, 0.15) is 6.42 Å². The van der Waals surface area contributed by atoms with Crippen molar-refractivity contribution in [2.45, 2.75) is 31.0 Å². The van der Waals surface area contributed by atoms with Gasteiger partial charge < -0.3 is 26.4 Å². The van der Waals surface area contributed by atoms with Gasteiger partial charge in [-0.2, -0.15) is 0 Å². The van der Waals surface area contributed by atoms with Crippen LogP contribution in [0.15, 0.2) is 0 Å². The first-order valence-corrected chi connectivity index (χ1v) is 3.62. The highest BCUT2D eigenvalue weighted by atomic mass is 16.6. The summed E-state index contributed by atoms with van der Waals surface area (Å²) in [5.41, 5.74) is 10.7. The Hall–Kier alpha value is -0.200. The molecule has 1 heterocycles. The van der Waals surface area contributed by atoms with Crippen molar-refractivity contribution in [1.29, 1.82) is 0 Å². The molecule has 0 saturated carbocycles. The summed E-state index contributed by atoms with van der Waals surface area (Å²) in [6, 6.07) is -0.507. The van der Waals surface area contributed by atoms with Crippen molar-refractivity contribution in [3.63, 3.8) is 0 Å². The van der Waals surface area contributed by atoms with Gasteiger partial charge in [0.05, 0.1) is 18.2 Å². The zero-order valence-corrected chi connectivity index (χ0v) is 6.18. The minimum atomic E-state index is -0.994. The second-order valence-electron chi connectivity index (χ2n) is 2.77. The van der Waals surface area contributed by atoms with Gasteiger partial charge in [0.15, 0.2) is 6.29 Å². The Kier molecular flexibility index (Phi) is 2.80. The Labute approximate surface area is 64.9 Å². The molecule has 0 amide bonds. The van der Waals surface area contributed by atoms with Crippen LogP contribution in [0.2, 0.25) is 0 Å². The number of hydrogen-bond donors (Lipinski definition) is 4. The average Bonchev–Trinajstić information content (AvgIpc) is 1.97. The number of hydrogen-bond acceptors (Lipinski definition) is 5. The summed E-state index contributed by atoms with van der Waals surface area (Å²) < 4.78 is 4.92. The molecule has 66 valence electrons. The van der Waals surface area contributed by atoms with E-state index in [1.54, 1.807) is 0 Å². The number of aliphatic hydroxyl groups is 2. The van der Waals surface area contributed by atoms with Gasteiger partial charge in [-0.05, 0) is 6.42 Å². The monoisotopic (exact) mass is 162 g/mol. The Morgan fingerprint density at radius 3 is 2.64 bits per heavy atom. The normalized spacial score (nSPS) is 45.8. The molecular formula is C6H14N2O3. The molecule has 5 heteroatoms. The molecule has 5 nitrogen and oxygen atoms in total. The van der Waals surface area contributed by atoms with Crippen molar-refractivity contribution >= 4 is 0 Å². The third-order valence-corrected chi connectivity index (χ3v) is 1.86. The van der Waals surface area contributed by atoms with Gasteiger partial charge in [-0.1, -0.05) is 0 Å². The molecule has 0 bridgehead atoms. The molecule has 1 fully saturated rings. The molecule has 1 saturated heterocycles. The maximum atomic E-state index is 9.26. The first-order chi connectivity index (χ1) is 5.15. The molecule has 0 aromatic carbocycles. The predicted molar refractivity (Wildman–Crippen MR) is 38.5 cm³/mol. The van der Waals surface area contributed by atoms with E-state index in [-0.39, 0.29) is 6.54 Å². The number of rotatable bonds is 1. The largest absolute Gasteiger partial charge is 0.390 e. The molecule has 0 aromatic heterocycles. The summed E-state index contributed by atoms with van der Waals surface area (Å²) >= 11 is 0. The van der Waals surface area contributed by atoms with Crippen LogP contribution in [0.5, 0.6) is 0 Å². The minimum Gasteiger partial charge on any atom is -0.390 e. The van der Waals surface area contributed by atoms with E-state index < -0.39 is 24.5 Å². The van der Waals surface area contributed by atoms with E-state index >= 15 is 0 Å². The number of aliphatic hydroxyl groups excluding tert-OH is 2. The molecule has 1 aliphatic heterocycles. The lowest BCUT2D eigenvalue weighted by molar-refractivity contribution is -0.204. The predicted octanol–water partition coefficient (Wildman–Crippen LogP) is -2.26. The molecule has 0 aromatic rings. The summed E-state index contributed by atoms with van der Waals surface area (Å²) in [6.07, 6.45) is -1.79. The van der Waals surface area contributed by atoms with Gasteiger partial charge in [0.25, 0.3) is 0 Å². The van der Waals surface area contributed by atoms with Gasteiger partial charge in [0.1, 0.15) is 0 Å². The second kappa shape index (κ2) is 3.46. The maximum absolute atomic E-state index is 9.26. The van der Waals surface area contributed by atoms with Gasteiger partial charge in [-0.25, -0.2) is 0 Å². The van der Waals surface area contributed by atoms with E-state index in [0.717, 1.165) is 0 Å². The highest BCUT2D eigenvalue weighted by Crippen LogP contribution is 2.16. The fourth-order valence-corrected chi connectivity index (χ4v) is 1.13. The van der Waals surface area contributed by atoms with Crippen LogP contribution in [0.25, 0.3) is 0 Å². The molecule has 1 aliphatic rings. The summed E-state index contributed by atoms with van der Waals surface area (Å²) in [4.78, 5) is 0. The number of ether oxygens (including phenoxy) is 1. The van der Waals surface area contributed by atoms with E-state index in [0.29, 0.717) is 6.42 Å². The minimum absolute atomic E-state index is 0.199. The summed E-state index contributed by atoms with van der Waals surface area (Å²) in [5.74, 6) is 0. The SMILES string of the molecule is NC[C@@H]1O[C@H](O)C(N)C[C@@H]1O. The van der Waals surface area contributed by atoms with E-state index in [4.69, 9.17) is 21.3 Å². The lowest BCUT2D eigenvalue weighted by atomic mass is 10.0. The molecule has 6 N–H and O–H groups in total. The van der Waals surface area contributed by atoms with Crippen LogP contribution in [0.4, 0.5) is 0 Å². The summed E-state index contributed by atoms with van der Waals surface area (Å²) in [6.45, 7) is 0.199. The maximum Gasteiger partial charge on any atom is 0.170 e. The van der Waals surface area contributed by atoms with E-state index in [2.05, 4.69) is 0 Å². The van der Waals surface area contributed by atoms with Crippen molar-refractivity contribution in [3.8, 4) is 0 Å². The van der Waals surface area contributed by atoms with Crippen molar-refractivity contribution in [2.24, 2.45) is 11.5 Å². The third kappa shape index (κ3) is 1.88. The van der Waals surface area contributed by atoms with E-state index in [9.17, 15) is 5.11 Å². The van der Waals surface area contributed by atoms with E-state index in [1.165, 1.54) is 0 Å². The lowest BCUT2D eigenvalue weighted by Crippen LogP contribution is -2.53. The van der Waals surface area contributed by atoms with Crippen molar-refractivity contribution in [2.75, 3.05) is 6.54 Å². The zero-order chi connectivity index (χ0) is 8.43. The molecule has 0 spiro atoms. The first kappa shape index (κ1) is 8.89. The van der Waals surface area contributed by atoms with Crippen LogP contribution in [-0.2, 0) is 4.74 Å². The standard InChI is InChI=1S/C6H14N2O3/c7-2-5-4(9)1-3(8)6(10)11-5/h3-6,9-10H,1-2,7-8H2/t3?,4-,5-,6-/m0/s1. The average molecular weight is 162 g/mol. The first-order valence-electron chi connectivity index (χ1n) is 3.62. The molecule has 11 heavy (non-hydrogen) atoms. The van der Waals surface area contributed by atoms with Gasteiger partial charge >= 0.3 is 0 Å². The van der Waals surface area contributed by atoms with Gasteiger partial charge in [-0.15, -0.1) is 0 Å². The Bertz CT molecular complexity index is 133. The van der Waals surface area contributed by atoms with E-state index in [1.807, 2.05) is 0 Å². The Morgan fingerprint density at radius 2 is 2.09 bits per heavy atom. The Balaban J connectivity index is 2.48. The van der Waals surface area contributed by atoms with Crippen LogP contribution < -0.4 is 11.5 Å². The summed E-state index contributed by atoms with van der Waals surface area (Å²) in [7, 11) is 0. The zero-order valence-electron chi connectivity index (χ0n) is 6.18. The third-order valence-electron chi connectivity index (χ3n) is 1.86. The lowest BCUT2D eigenvalue weighted by Gasteiger charge is -2.34. The molecular weight excluding hydrogens is 148 g/mol. The second-order valence-corrected chi connectivity index (χ2v) is 2.77.